The maximum Gasteiger partial charge on any atom is 0.230 e. The van der Waals surface area contributed by atoms with Crippen LogP contribution in [-0.4, -0.2) is 21.4 Å². The number of imide groups is 1. The number of amides is 2. The molecule has 0 aliphatic carbocycles. The van der Waals surface area contributed by atoms with Crippen LogP contribution in [0.5, 0.6) is 0 Å². The number of nitrogens with one attached hydrogen (secondary N) is 1. The summed E-state index contributed by atoms with van der Waals surface area (Å²) < 4.78 is 2.05. The fraction of sp³-hybridized carbons (Fsp3) is 0.643. The quantitative estimate of drug-likeness (QED) is 0.845. The molecule has 5 heteroatoms. The second-order valence-corrected chi connectivity index (χ2v) is 5.44. The molecular weight excluding hydrogens is 242 g/mol. The number of nitrogens with zero attached hydrogens (tertiary/aromatic N) is 2. The van der Waals surface area contributed by atoms with E-state index in [1.807, 2.05) is 0 Å². The monoisotopic (exact) mass is 263 g/mol. The Morgan fingerprint density at radius 1 is 1.47 bits per heavy atom. The highest BCUT2D eigenvalue weighted by Crippen LogP contribution is 2.35. The molecule has 1 fully saturated rings. The molecule has 5 nitrogen and oxygen atoms in total. The fourth-order valence-electron chi connectivity index (χ4n) is 2.79. The third-order valence-corrected chi connectivity index (χ3v) is 3.72. The van der Waals surface area contributed by atoms with Crippen molar-refractivity contribution in [3.05, 3.63) is 18.2 Å². The summed E-state index contributed by atoms with van der Waals surface area (Å²) in [7, 11) is 0. The molecule has 2 atom stereocenters. The molecule has 1 saturated heterocycles. The van der Waals surface area contributed by atoms with E-state index in [-0.39, 0.29) is 29.7 Å². The second-order valence-electron chi connectivity index (χ2n) is 5.44. The van der Waals surface area contributed by atoms with Crippen LogP contribution in [0.4, 0.5) is 0 Å². The van der Waals surface area contributed by atoms with Crippen molar-refractivity contribution in [1.82, 2.24) is 14.9 Å². The van der Waals surface area contributed by atoms with E-state index in [0.717, 1.165) is 18.5 Å². The van der Waals surface area contributed by atoms with Crippen molar-refractivity contribution in [2.45, 2.75) is 52.0 Å². The van der Waals surface area contributed by atoms with Gasteiger partial charge in [0.15, 0.2) is 0 Å². The normalized spacial score (nSPS) is 23.8. The summed E-state index contributed by atoms with van der Waals surface area (Å²) >= 11 is 0. The molecule has 1 aliphatic rings. The maximum absolute atomic E-state index is 12.0. The number of carbonyl (C=O) groups excluding carboxylic acids is 2. The van der Waals surface area contributed by atoms with Gasteiger partial charge in [-0.25, -0.2) is 4.98 Å². The smallest absolute Gasteiger partial charge is 0.230 e. The van der Waals surface area contributed by atoms with Crippen LogP contribution in [0.15, 0.2) is 12.5 Å². The van der Waals surface area contributed by atoms with E-state index >= 15 is 0 Å². The second kappa shape index (κ2) is 5.55. The van der Waals surface area contributed by atoms with E-state index in [4.69, 9.17) is 0 Å². The van der Waals surface area contributed by atoms with Gasteiger partial charge < -0.3 is 4.57 Å². The van der Waals surface area contributed by atoms with Gasteiger partial charge in [0.25, 0.3) is 0 Å². The summed E-state index contributed by atoms with van der Waals surface area (Å²) in [6, 6.07) is 0.278. The minimum Gasteiger partial charge on any atom is -0.332 e. The molecule has 0 saturated carbocycles. The van der Waals surface area contributed by atoms with Crippen LogP contribution >= 0.6 is 0 Å². The molecule has 0 aromatic carbocycles. The van der Waals surface area contributed by atoms with Gasteiger partial charge in [-0.05, 0) is 20.3 Å². The van der Waals surface area contributed by atoms with Crippen molar-refractivity contribution in [2.24, 2.45) is 5.92 Å². The Balaban J connectivity index is 2.35. The summed E-state index contributed by atoms with van der Waals surface area (Å²) in [5.41, 5.74) is 0.997. The van der Waals surface area contributed by atoms with E-state index in [9.17, 15) is 9.59 Å². The highest BCUT2D eigenvalue weighted by atomic mass is 16.2. The van der Waals surface area contributed by atoms with Crippen molar-refractivity contribution >= 4 is 11.8 Å². The fourth-order valence-corrected chi connectivity index (χ4v) is 2.79. The van der Waals surface area contributed by atoms with Gasteiger partial charge >= 0.3 is 0 Å². The minimum atomic E-state index is -0.182. The van der Waals surface area contributed by atoms with E-state index in [1.54, 1.807) is 12.5 Å². The third kappa shape index (κ3) is 2.69. The molecule has 1 aromatic rings. The predicted octanol–water partition coefficient (Wildman–Crippen LogP) is 2.01. The number of carbonyl (C=O) groups is 2. The van der Waals surface area contributed by atoms with Gasteiger partial charge in [0.1, 0.15) is 0 Å². The summed E-state index contributed by atoms with van der Waals surface area (Å²) in [5, 5.41) is 2.45. The molecule has 2 amide bonds. The molecule has 1 aliphatic heterocycles. The Kier molecular flexibility index (Phi) is 4.02. The van der Waals surface area contributed by atoms with Crippen LogP contribution in [0.1, 0.15) is 57.7 Å². The number of hydrogen-bond donors (Lipinski definition) is 1. The van der Waals surface area contributed by atoms with Crippen LogP contribution in [0, 0.1) is 5.92 Å². The van der Waals surface area contributed by atoms with Crippen molar-refractivity contribution in [3.63, 3.8) is 0 Å². The number of rotatable bonds is 4. The summed E-state index contributed by atoms with van der Waals surface area (Å²) in [5.74, 6) is -0.499. The molecule has 1 aromatic heterocycles. The average Bonchev–Trinajstić information content (AvgIpc) is 2.81. The first-order valence-electron chi connectivity index (χ1n) is 6.90. The zero-order chi connectivity index (χ0) is 14.0. The molecule has 1 N–H and O–H groups in total. The third-order valence-electron chi connectivity index (χ3n) is 3.72. The van der Waals surface area contributed by atoms with Crippen molar-refractivity contribution in [3.8, 4) is 0 Å². The summed E-state index contributed by atoms with van der Waals surface area (Å²) in [6.07, 6.45) is 5.67. The molecular formula is C14H21N3O2. The lowest BCUT2D eigenvalue weighted by Crippen LogP contribution is -2.45. The molecule has 0 spiro atoms. The van der Waals surface area contributed by atoms with E-state index in [1.165, 1.54) is 0 Å². The minimum absolute atomic E-state index is 0.0499. The predicted molar refractivity (Wildman–Crippen MR) is 71.5 cm³/mol. The first-order valence-corrected chi connectivity index (χ1v) is 6.90. The highest BCUT2D eigenvalue weighted by molar-refractivity contribution is 5.99. The average molecular weight is 263 g/mol. The maximum atomic E-state index is 12.0. The lowest BCUT2D eigenvalue weighted by Gasteiger charge is -2.31. The Bertz CT molecular complexity index is 479. The van der Waals surface area contributed by atoms with Crippen molar-refractivity contribution < 1.29 is 9.59 Å². The lowest BCUT2D eigenvalue weighted by molar-refractivity contribution is -0.137. The van der Waals surface area contributed by atoms with E-state index in [2.05, 4.69) is 35.6 Å². The zero-order valence-corrected chi connectivity index (χ0v) is 11.7. The number of aromatic nitrogens is 2. The van der Waals surface area contributed by atoms with Crippen molar-refractivity contribution in [1.29, 1.82) is 0 Å². The standard InChI is InChI=1S/C14H21N3O2/c1-4-5-10-11(6-13(18)16-14(10)19)12-7-15-8-17(12)9(2)3/h7-11H,4-6H2,1-3H3,(H,16,18,19). The van der Waals surface area contributed by atoms with Crippen LogP contribution < -0.4 is 5.32 Å². The Labute approximate surface area is 113 Å². The van der Waals surface area contributed by atoms with E-state index < -0.39 is 0 Å². The number of imidazole rings is 1. The Morgan fingerprint density at radius 2 is 2.21 bits per heavy atom. The van der Waals surface area contributed by atoms with E-state index in [0.29, 0.717) is 6.42 Å². The Morgan fingerprint density at radius 3 is 2.84 bits per heavy atom. The van der Waals surface area contributed by atoms with Crippen LogP contribution in [0.3, 0.4) is 0 Å². The van der Waals surface area contributed by atoms with Crippen LogP contribution in [0.2, 0.25) is 0 Å². The lowest BCUT2D eigenvalue weighted by atomic mass is 9.80. The highest BCUT2D eigenvalue weighted by Gasteiger charge is 2.37. The van der Waals surface area contributed by atoms with Gasteiger partial charge in [0.2, 0.25) is 11.8 Å². The molecule has 104 valence electrons. The zero-order valence-electron chi connectivity index (χ0n) is 11.7. The first kappa shape index (κ1) is 13.8. The van der Waals surface area contributed by atoms with Gasteiger partial charge in [-0.2, -0.15) is 0 Å². The number of hydrogen-bond acceptors (Lipinski definition) is 3. The van der Waals surface area contributed by atoms with Gasteiger partial charge in [0, 0.05) is 36.2 Å². The van der Waals surface area contributed by atoms with Gasteiger partial charge in [-0.15, -0.1) is 0 Å². The molecule has 2 heterocycles. The Hall–Kier alpha value is -1.65. The first-order chi connectivity index (χ1) is 9.04. The van der Waals surface area contributed by atoms with Crippen LogP contribution in [0.25, 0.3) is 0 Å². The van der Waals surface area contributed by atoms with Crippen LogP contribution in [-0.2, 0) is 9.59 Å². The topological polar surface area (TPSA) is 64.0 Å². The molecule has 2 rings (SSSR count). The summed E-state index contributed by atoms with van der Waals surface area (Å²) in [6.45, 7) is 6.20. The van der Waals surface area contributed by atoms with Crippen molar-refractivity contribution in [2.75, 3.05) is 0 Å². The summed E-state index contributed by atoms with van der Waals surface area (Å²) in [4.78, 5) is 27.9. The molecule has 2 unspecified atom stereocenters. The number of piperidine rings is 1. The van der Waals surface area contributed by atoms with Gasteiger partial charge in [-0.3, -0.25) is 14.9 Å². The SMILES string of the molecule is CCCC1C(=O)NC(=O)CC1c1cncn1C(C)C. The largest absolute Gasteiger partial charge is 0.332 e. The molecule has 0 radical (unpaired) electrons. The molecule has 19 heavy (non-hydrogen) atoms. The molecule has 0 bridgehead atoms. The van der Waals surface area contributed by atoms with Gasteiger partial charge in [0.05, 0.1) is 6.33 Å². The van der Waals surface area contributed by atoms with Gasteiger partial charge in [-0.1, -0.05) is 13.3 Å².